The lowest BCUT2D eigenvalue weighted by atomic mass is 10.00. The number of para-hydroxylation sites is 1. The third-order valence-electron chi connectivity index (χ3n) is 5.37. The zero-order chi connectivity index (χ0) is 20.7. The number of nitrogens with one attached hydrogen (secondary N) is 1. The van der Waals surface area contributed by atoms with Crippen LogP contribution in [-0.2, 0) is 0 Å². The van der Waals surface area contributed by atoms with Crippen molar-refractivity contribution in [2.75, 3.05) is 6.61 Å². The van der Waals surface area contributed by atoms with Crippen molar-refractivity contribution in [3.05, 3.63) is 82.6 Å². The summed E-state index contributed by atoms with van der Waals surface area (Å²) in [5.41, 5.74) is 3.02. The van der Waals surface area contributed by atoms with Crippen LogP contribution in [0.1, 0.15) is 34.1 Å². The predicted molar refractivity (Wildman–Crippen MR) is 115 cm³/mol. The second kappa shape index (κ2) is 7.46. The number of nitrogens with zero attached hydrogens (tertiary/aromatic N) is 3. The minimum absolute atomic E-state index is 0.165. The highest BCUT2D eigenvalue weighted by molar-refractivity contribution is 6.30. The molecule has 3 heterocycles. The zero-order valence-electron chi connectivity index (χ0n) is 16.3. The molecule has 7 heteroatoms. The van der Waals surface area contributed by atoms with Gasteiger partial charge in [-0.2, -0.15) is 5.10 Å². The lowest BCUT2D eigenvalue weighted by Gasteiger charge is -2.26. The Bertz CT molecular complexity index is 1270. The second-order valence-corrected chi connectivity index (χ2v) is 7.70. The van der Waals surface area contributed by atoms with Crippen molar-refractivity contribution in [1.29, 1.82) is 0 Å². The Kier molecular flexibility index (Phi) is 4.64. The van der Waals surface area contributed by atoms with Gasteiger partial charge in [0.25, 0.3) is 5.91 Å². The van der Waals surface area contributed by atoms with Crippen LogP contribution in [0.4, 0.5) is 0 Å². The van der Waals surface area contributed by atoms with E-state index in [1.807, 2.05) is 55.5 Å². The SMILES string of the molecule is Cc1c(C(=O)NC2CCOc3ccc(Cl)cc32)cnn1-c1ccc2ccccc2n1. The Labute approximate surface area is 178 Å². The molecule has 2 aromatic heterocycles. The van der Waals surface area contributed by atoms with Crippen LogP contribution >= 0.6 is 11.6 Å². The molecular weight excluding hydrogens is 400 g/mol. The minimum Gasteiger partial charge on any atom is -0.493 e. The molecule has 1 atom stereocenters. The summed E-state index contributed by atoms with van der Waals surface area (Å²) in [7, 11) is 0. The van der Waals surface area contributed by atoms with Crippen molar-refractivity contribution in [2.24, 2.45) is 0 Å². The topological polar surface area (TPSA) is 69.0 Å². The molecular formula is C23H19ClN4O2. The highest BCUT2D eigenvalue weighted by atomic mass is 35.5. The molecule has 2 aromatic carbocycles. The normalized spacial score (nSPS) is 15.5. The van der Waals surface area contributed by atoms with E-state index in [1.54, 1.807) is 16.9 Å². The maximum absolute atomic E-state index is 13.0. The largest absolute Gasteiger partial charge is 0.493 e. The van der Waals surface area contributed by atoms with Crippen LogP contribution in [0.5, 0.6) is 5.75 Å². The summed E-state index contributed by atoms with van der Waals surface area (Å²) in [5, 5.41) is 9.19. The van der Waals surface area contributed by atoms with Gasteiger partial charge in [-0.05, 0) is 43.3 Å². The van der Waals surface area contributed by atoms with E-state index >= 15 is 0 Å². The van der Waals surface area contributed by atoms with E-state index in [2.05, 4.69) is 15.4 Å². The summed E-state index contributed by atoms with van der Waals surface area (Å²) in [5.74, 6) is 1.24. The van der Waals surface area contributed by atoms with Gasteiger partial charge in [0.1, 0.15) is 5.75 Å². The van der Waals surface area contributed by atoms with Gasteiger partial charge in [0.15, 0.2) is 5.82 Å². The van der Waals surface area contributed by atoms with E-state index in [-0.39, 0.29) is 11.9 Å². The molecule has 0 fully saturated rings. The number of carbonyl (C=O) groups is 1. The van der Waals surface area contributed by atoms with E-state index in [4.69, 9.17) is 16.3 Å². The Balaban J connectivity index is 1.43. The lowest BCUT2D eigenvalue weighted by molar-refractivity contribution is 0.0924. The van der Waals surface area contributed by atoms with Crippen LogP contribution in [0.3, 0.4) is 0 Å². The molecule has 0 saturated carbocycles. The summed E-state index contributed by atoms with van der Waals surface area (Å²) < 4.78 is 7.37. The van der Waals surface area contributed by atoms with Crippen LogP contribution < -0.4 is 10.1 Å². The van der Waals surface area contributed by atoms with Gasteiger partial charge in [0, 0.05) is 22.4 Å². The van der Waals surface area contributed by atoms with Crippen LogP contribution in [-0.4, -0.2) is 27.3 Å². The molecule has 0 spiro atoms. The first-order valence-electron chi connectivity index (χ1n) is 9.74. The standard InChI is InChI=1S/C23H19ClN4O2/c1-14-18(13-25-28(14)22-9-6-15-4-2-3-5-19(15)26-22)23(29)27-20-10-11-30-21-8-7-16(24)12-17(20)21/h2-9,12-13,20H,10-11H2,1H3,(H,27,29). The quantitative estimate of drug-likeness (QED) is 0.526. The molecule has 0 saturated heterocycles. The molecule has 1 N–H and O–H groups in total. The monoisotopic (exact) mass is 418 g/mol. The number of aromatic nitrogens is 3. The molecule has 0 radical (unpaired) electrons. The molecule has 0 aliphatic carbocycles. The first-order chi connectivity index (χ1) is 14.6. The van der Waals surface area contributed by atoms with Crippen molar-refractivity contribution in [3.8, 4) is 11.6 Å². The highest BCUT2D eigenvalue weighted by Gasteiger charge is 2.25. The van der Waals surface area contributed by atoms with Gasteiger partial charge in [-0.25, -0.2) is 9.67 Å². The van der Waals surface area contributed by atoms with Crippen LogP contribution in [0.25, 0.3) is 16.7 Å². The van der Waals surface area contributed by atoms with E-state index in [1.165, 1.54) is 0 Å². The molecule has 4 aromatic rings. The summed E-state index contributed by atoms with van der Waals surface area (Å²) >= 11 is 6.14. The van der Waals surface area contributed by atoms with Gasteiger partial charge in [0.2, 0.25) is 0 Å². The van der Waals surface area contributed by atoms with Gasteiger partial charge in [-0.1, -0.05) is 29.8 Å². The third-order valence-corrected chi connectivity index (χ3v) is 5.61. The minimum atomic E-state index is -0.183. The average molecular weight is 419 g/mol. The number of carbonyl (C=O) groups excluding carboxylic acids is 1. The summed E-state index contributed by atoms with van der Waals surface area (Å²) in [6, 6.07) is 17.1. The fourth-order valence-electron chi connectivity index (χ4n) is 3.79. The Morgan fingerprint density at radius 2 is 2.07 bits per heavy atom. The summed E-state index contributed by atoms with van der Waals surface area (Å²) in [6.07, 6.45) is 2.26. The number of amides is 1. The maximum atomic E-state index is 13.0. The lowest BCUT2D eigenvalue weighted by Crippen LogP contribution is -2.32. The van der Waals surface area contributed by atoms with Gasteiger partial charge >= 0.3 is 0 Å². The molecule has 150 valence electrons. The van der Waals surface area contributed by atoms with Crippen LogP contribution in [0, 0.1) is 6.92 Å². The van der Waals surface area contributed by atoms with Gasteiger partial charge < -0.3 is 10.1 Å². The molecule has 1 aliphatic rings. The maximum Gasteiger partial charge on any atom is 0.255 e. The van der Waals surface area contributed by atoms with Gasteiger partial charge in [0.05, 0.1) is 35.6 Å². The van der Waals surface area contributed by atoms with E-state index < -0.39 is 0 Å². The number of hydrogen-bond acceptors (Lipinski definition) is 4. The smallest absolute Gasteiger partial charge is 0.255 e. The van der Waals surface area contributed by atoms with Gasteiger partial charge in [-0.15, -0.1) is 0 Å². The summed E-state index contributed by atoms with van der Waals surface area (Å²) in [4.78, 5) is 17.7. The van der Waals surface area contributed by atoms with Crippen molar-refractivity contribution in [3.63, 3.8) is 0 Å². The third kappa shape index (κ3) is 3.29. The first-order valence-corrected chi connectivity index (χ1v) is 10.1. The van der Waals surface area contributed by atoms with E-state index in [9.17, 15) is 4.79 Å². The molecule has 30 heavy (non-hydrogen) atoms. The number of hydrogen-bond donors (Lipinski definition) is 1. The number of fused-ring (bicyclic) bond motifs is 2. The van der Waals surface area contributed by atoms with Crippen molar-refractivity contribution in [2.45, 2.75) is 19.4 Å². The number of halogens is 1. The molecule has 1 aliphatic heterocycles. The number of rotatable bonds is 3. The number of ether oxygens (including phenoxy) is 1. The Morgan fingerprint density at radius 1 is 1.20 bits per heavy atom. The molecule has 1 amide bonds. The van der Waals surface area contributed by atoms with Crippen molar-refractivity contribution in [1.82, 2.24) is 20.1 Å². The average Bonchev–Trinajstić information content (AvgIpc) is 3.15. The Morgan fingerprint density at radius 3 is 2.97 bits per heavy atom. The number of benzene rings is 2. The van der Waals surface area contributed by atoms with Crippen LogP contribution in [0.15, 0.2) is 60.8 Å². The summed E-state index contributed by atoms with van der Waals surface area (Å²) in [6.45, 7) is 2.41. The fourth-order valence-corrected chi connectivity index (χ4v) is 3.97. The fraction of sp³-hybridized carbons (Fsp3) is 0.174. The highest BCUT2D eigenvalue weighted by Crippen LogP contribution is 2.34. The first kappa shape index (κ1) is 18.6. The van der Waals surface area contributed by atoms with Crippen molar-refractivity contribution < 1.29 is 9.53 Å². The second-order valence-electron chi connectivity index (χ2n) is 7.26. The van der Waals surface area contributed by atoms with E-state index in [0.717, 1.165) is 27.9 Å². The Hall–Kier alpha value is -3.38. The number of pyridine rings is 1. The van der Waals surface area contributed by atoms with Crippen LogP contribution in [0.2, 0.25) is 5.02 Å². The van der Waals surface area contributed by atoms with E-state index in [0.29, 0.717) is 29.4 Å². The molecule has 1 unspecified atom stereocenters. The predicted octanol–water partition coefficient (Wildman–Crippen LogP) is 4.64. The van der Waals surface area contributed by atoms with Gasteiger partial charge in [-0.3, -0.25) is 4.79 Å². The molecule has 6 nitrogen and oxygen atoms in total. The molecule has 0 bridgehead atoms. The zero-order valence-corrected chi connectivity index (χ0v) is 17.1. The van der Waals surface area contributed by atoms with Crippen molar-refractivity contribution >= 4 is 28.4 Å². The molecule has 5 rings (SSSR count).